The predicted octanol–water partition coefficient (Wildman–Crippen LogP) is 1.93. The van der Waals surface area contributed by atoms with Crippen LogP contribution in [0.15, 0.2) is 24.3 Å². The molecule has 1 atom stereocenters. The van der Waals surface area contributed by atoms with Gasteiger partial charge >= 0.3 is 5.97 Å². The summed E-state index contributed by atoms with van der Waals surface area (Å²) in [5, 5.41) is 9.23. The molecule has 118 valence electrons. The van der Waals surface area contributed by atoms with Gasteiger partial charge in [0.15, 0.2) is 0 Å². The Balaban J connectivity index is 1.88. The fraction of sp³-hybridized carbons (Fsp3) is 0.529. The zero-order valence-electron chi connectivity index (χ0n) is 12.9. The number of hydrogen-bond acceptors (Lipinski definition) is 3. The summed E-state index contributed by atoms with van der Waals surface area (Å²) in [6.07, 6.45) is 2.38. The van der Waals surface area contributed by atoms with E-state index in [4.69, 9.17) is 0 Å². The van der Waals surface area contributed by atoms with Crippen LogP contribution in [-0.4, -0.2) is 48.6 Å². The van der Waals surface area contributed by atoms with E-state index < -0.39 is 5.97 Å². The number of carbonyl (C=O) groups is 2. The lowest BCUT2D eigenvalue weighted by Crippen LogP contribution is -2.48. The highest BCUT2D eigenvalue weighted by molar-refractivity contribution is 5.83. The molecule has 3 rings (SSSR count). The second kappa shape index (κ2) is 5.99. The Morgan fingerprint density at radius 3 is 2.68 bits per heavy atom. The SMILES string of the molecule is CN1CCN(c2ccccc2C(CC(=O)O)C2CC2)CC1=O. The lowest BCUT2D eigenvalue weighted by Gasteiger charge is -2.35. The van der Waals surface area contributed by atoms with Crippen LogP contribution in [0.3, 0.4) is 0 Å². The zero-order chi connectivity index (χ0) is 15.7. The summed E-state index contributed by atoms with van der Waals surface area (Å²) < 4.78 is 0. The largest absolute Gasteiger partial charge is 0.481 e. The molecule has 1 aromatic carbocycles. The van der Waals surface area contributed by atoms with Crippen molar-refractivity contribution in [1.82, 2.24) is 4.90 Å². The standard InChI is InChI=1S/C17H22N2O3/c1-18-8-9-19(11-16(18)20)15-5-3-2-4-13(15)14(10-17(21)22)12-6-7-12/h2-5,12,14H,6-11H2,1H3,(H,21,22). The molecule has 2 fully saturated rings. The molecule has 22 heavy (non-hydrogen) atoms. The highest BCUT2D eigenvalue weighted by Gasteiger charge is 2.36. The predicted molar refractivity (Wildman–Crippen MR) is 84.0 cm³/mol. The number of anilines is 1. The maximum atomic E-state index is 12.0. The summed E-state index contributed by atoms with van der Waals surface area (Å²) in [6, 6.07) is 7.98. The van der Waals surface area contributed by atoms with Crippen LogP contribution in [0.1, 0.15) is 30.7 Å². The third-order valence-corrected chi connectivity index (χ3v) is 4.72. The second-order valence-electron chi connectivity index (χ2n) is 6.34. The number of carboxylic acids is 1. The third kappa shape index (κ3) is 3.08. The van der Waals surface area contributed by atoms with Crippen LogP contribution in [0.4, 0.5) is 5.69 Å². The van der Waals surface area contributed by atoms with E-state index in [0.717, 1.165) is 30.6 Å². The molecule has 2 aliphatic rings. The van der Waals surface area contributed by atoms with Gasteiger partial charge in [-0.15, -0.1) is 0 Å². The molecule has 5 nitrogen and oxygen atoms in total. The van der Waals surface area contributed by atoms with Crippen molar-refractivity contribution in [1.29, 1.82) is 0 Å². The number of para-hydroxylation sites is 1. The number of carboxylic acid groups (broad SMARTS) is 1. The number of nitrogens with zero attached hydrogens (tertiary/aromatic N) is 2. The van der Waals surface area contributed by atoms with Crippen molar-refractivity contribution in [3.8, 4) is 0 Å². The van der Waals surface area contributed by atoms with Crippen LogP contribution in [0.2, 0.25) is 0 Å². The van der Waals surface area contributed by atoms with Gasteiger partial charge in [0.05, 0.1) is 13.0 Å². The molecule has 1 aliphatic carbocycles. The van der Waals surface area contributed by atoms with Crippen LogP contribution < -0.4 is 4.90 Å². The van der Waals surface area contributed by atoms with E-state index in [1.807, 2.05) is 31.3 Å². The normalized spacial score (nSPS) is 20.1. The number of benzene rings is 1. The van der Waals surface area contributed by atoms with Crippen LogP contribution in [-0.2, 0) is 9.59 Å². The van der Waals surface area contributed by atoms with E-state index >= 15 is 0 Å². The monoisotopic (exact) mass is 302 g/mol. The highest BCUT2D eigenvalue weighted by atomic mass is 16.4. The van der Waals surface area contributed by atoms with Crippen molar-refractivity contribution in [2.45, 2.75) is 25.2 Å². The Kier molecular flexibility index (Phi) is 4.05. The van der Waals surface area contributed by atoms with Crippen molar-refractivity contribution in [2.24, 2.45) is 5.92 Å². The minimum Gasteiger partial charge on any atom is -0.481 e. The Labute approximate surface area is 130 Å². The Morgan fingerprint density at radius 1 is 1.32 bits per heavy atom. The first-order valence-corrected chi connectivity index (χ1v) is 7.86. The molecule has 0 spiro atoms. The molecular formula is C17H22N2O3. The number of hydrogen-bond donors (Lipinski definition) is 1. The minimum atomic E-state index is -0.749. The van der Waals surface area contributed by atoms with Gasteiger partial charge in [0.25, 0.3) is 0 Å². The first-order valence-electron chi connectivity index (χ1n) is 7.86. The molecule has 1 amide bonds. The van der Waals surface area contributed by atoms with Gasteiger partial charge in [-0.25, -0.2) is 0 Å². The molecule has 1 aliphatic heterocycles. The molecule has 1 aromatic rings. The molecule has 0 aromatic heterocycles. The van der Waals surface area contributed by atoms with Gasteiger partial charge in [0, 0.05) is 25.8 Å². The lowest BCUT2D eigenvalue weighted by atomic mass is 9.89. The van der Waals surface area contributed by atoms with Crippen molar-refractivity contribution in [3.63, 3.8) is 0 Å². The van der Waals surface area contributed by atoms with Crippen LogP contribution in [0.25, 0.3) is 0 Å². The van der Waals surface area contributed by atoms with E-state index in [1.165, 1.54) is 0 Å². The van der Waals surface area contributed by atoms with Gasteiger partial charge in [-0.2, -0.15) is 0 Å². The number of amides is 1. The topological polar surface area (TPSA) is 60.9 Å². The van der Waals surface area contributed by atoms with Gasteiger partial charge in [0.2, 0.25) is 5.91 Å². The van der Waals surface area contributed by atoms with Crippen molar-refractivity contribution < 1.29 is 14.7 Å². The van der Waals surface area contributed by atoms with Gasteiger partial charge in [-0.3, -0.25) is 9.59 Å². The quantitative estimate of drug-likeness (QED) is 0.903. The van der Waals surface area contributed by atoms with Crippen molar-refractivity contribution in [3.05, 3.63) is 29.8 Å². The molecule has 1 heterocycles. The average molecular weight is 302 g/mol. The summed E-state index contributed by atoms with van der Waals surface area (Å²) in [5.41, 5.74) is 2.12. The lowest BCUT2D eigenvalue weighted by molar-refractivity contribution is -0.137. The first kappa shape index (κ1) is 14.9. The van der Waals surface area contributed by atoms with Gasteiger partial charge in [0.1, 0.15) is 0 Å². The number of aliphatic carboxylic acids is 1. The van der Waals surface area contributed by atoms with Gasteiger partial charge in [-0.1, -0.05) is 18.2 Å². The molecule has 1 unspecified atom stereocenters. The van der Waals surface area contributed by atoms with E-state index in [0.29, 0.717) is 19.0 Å². The minimum absolute atomic E-state index is 0.0588. The van der Waals surface area contributed by atoms with E-state index in [9.17, 15) is 14.7 Å². The van der Waals surface area contributed by atoms with E-state index in [2.05, 4.69) is 4.90 Å². The van der Waals surface area contributed by atoms with Crippen LogP contribution in [0.5, 0.6) is 0 Å². The maximum absolute atomic E-state index is 12.0. The number of carbonyl (C=O) groups excluding carboxylic acids is 1. The van der Waals surface area contributed by atoms with Gasteiger partial charge < -0.3 is 14.9 Å². The van der Waals surface area contributed by atoms with Gasteiger partial charge in [-0.05, 0) is 36.3 Å². The zero-order valence-corrected chi connectivity index (χ0v) is 12.9. The molecule has 0 radical (unpaired) electrons. The third-order valence-electron chi connectivity index (χ3n) is 4.72. The molecule has 5 heteroatoms. The summed E-state index contributed by atoms with van der Waals surface area (Å²) >= 11 is 0. The fourth-order valence-corrected chi connectivity index (χ4v) is 3.27. The second-order valence-corrected chi connectivity index (χ2v) is 6.34. The number of piperazine rings is 1. The van der Waals surface area contributed by atoms with E-state index in [-0.39, 0.29) is 18.2 Å². The molecule has 0 bridgehead atoms. The molecule has 1 N–H and O–H groups in total. The van der Waals surface area contributed by atoms with Crippen molar-refractivity contribution >= 4 is 17.6 Å². The van der Waals surface area contributed by atoms with Crippen LogP contribution >= 0.6 is 0 Å². The van der Waals surface area contributed by atoms with E-state index in [1.54, 1.807) is 4.90 Å². The Hall–Kier alpha value is -2.04. The summed E-state index contributed by atoms with van der Waals surface area (Å²) in [7, 11) is 1.82. The summed E-state index contributed by atoms with van der Waals surface area (Å²) in [4.78, 5) is 27.0. The Morgan fingerprint density at radius 2 is 2.05 bits per heavy atom. The molecular weight excluding hydrogens is 280 g/mol. The smallest absolute Gasteiger partial charge is 0.303 e. The molecule has 1 saturated heterocycles. The fourth-order valence-electron chi connectivity index (χ4n) is 3.27. The summed E-state index contributed by atoms with van der Waals surface area (Å²) in [5.74, 6) is -0.104. The highest BCUT2D eigenvalue weighted by Crippen LogP contribution is 2.47. The first-order chi connectivity index (χ1) is 10.6. The average Bonchev–Trinajstić information content (AvgIpc) is 3.32. The van der Waals surface area contributed by atoms with Crippen molar-refractivity contribution in [2.75, 3.05) is 31.6 Å². The number of rotatable bonds is 5. The number of likely N-dealkylation sites (N-methyl/N-ethyl adjacent to an activating group) is 1. The maximum Gasteiger partial charge on any atom is 0.303 e. The van der Waals surface area contributed by atoms with Crippen LogP contribution in [0, 0.1) is 5.92 Å². The molecule has 1 saturated carbocycles. The Bertz CT molecular complexity index is 583. The summed E-state index contributed by atoms with van der Waals surface area (Å²) in [6.45, 7) is 1.88.